The number of nitrogens with zero attached hydrogens (tertiary/aromatic N) is 1. The average Bonchev–Trinajstić information content (AvgIpc) is 3.32. The number of rotatable bonds is 6. The van der Waals surface area contributed by atoms with E-state index in [1.807, 2.05) is 48.5 Å². The van der Waals surface area contributed by atoms with Gasteiger partial charge in [-0.1, -0.05) is 48.5 Å². The van der Waals surface area contributed by atoms with Crippen LogP contribution in [0.15, 0.2) is 89.3 Å². The summed E-state index contributed by atoms with van der Waals surface area (Å²) in [6.45, 7) is 1.45. The molecule has 1 aromatic heterocycles. The van der Waals surface area contributed by atoms with Crippen LogP contribution >= 0.6 is 0 Å². The fourth-order valence-corrected chi connectivity index (χ4v) is 4.00. The molecule has 0 bridgehead atoms. The van der Waals surface area contributed by atoms with Gasteiger partial charge in [0.15, 0.2) is 11.7 Å². The molecule has 0 saturated heterocycles. The number of hydrogen-bond acceptors (Lipinski definition) is 6. The first-order valence-electron chi connectivity index (χ1n) is 11.2. The highest BCUT2D eigenvalue weighted by molar-refractivity contribution is 6.11. The standard InChI is InChI=1S/C28H21N3O5/c1-16(26(33)30-21-13-3-2-10-18(21)25(29)32)35-28(34)20-12-7-9-17-8-6-11-19(24(17)20)27-31-22-14-4-5-15-23(22)36-27/h2-16H,1H3,(H2,29,32)(H,30,33). The fraction of sp³-hybridized carbons (Fsp3) is 0.0714. The van der Waals surface area contributed by atoms with Crippen molar-refractivity contribution >= 4 is 45.3 Å². The Labute approximate surface area is 205 Å². The zero-order valence-electron chi connectivity index (χ0n) is 19.2. The van der Waals surface area contributed by atoms with Crippen molar-refractivity contribution in [1.29, 1.82) is 0 Å². The van der Waals surface area contributed by atoms with E-state index in [-0.39, 0.29) is 16.8 Å². The predicted octanol–water partition coefficient (Wildman–Crippen LogP) is 4.93. The lowest BCUT2D eigenvalue weighted by Crippen LogP contribution is -2.31. The molecular formula is C28H21N3O5. The van der Waals surface area contributed by atoms with Crippen LogP contribution in [0.3, 0.4) is 0 Å². The summed E-state index contributed by atoms with van der Waals surface area (Å²) in [6.07, 6.45) is -1.15. The SMILES string of the molecule is CC(OC(=O)c1cccc2cccc(-c3nc4ccccc4o3)c12)C(=O)Nc1ccccc1C(N)=O. The van der Waals surface area contributed by atoms with Gasteiger partial charge < -0.3 is 20.2 Å². The van der Waals surface area contributed by atoms with Gasteiger partial charge >= 0.3 is 5.97 Å². The van der Waals surface area contributed by atoms with Crippen LogP contribution < -0.4 is 11.1 Å². The molecule has 3 N–H and O–H groups in total. The number of nitrogens with one attached hydrogen (secondary N) is 1. The Hall–Kier alpha value is -4.98. The Kier molecular flexibility index (Phi) is 5.92. The molecule has 8 nitrogen and oxygen atoms in total. The minimum Gasteiger partial charge on any atom is -0.449 e. The number of benzene rings is 4. The number of esters is 1. The molecule has 5 rings (SSSR count). The van der Waals surface area contributed by atoms with Gasteiger partial charge in [0, 0.05) is 10.9 Å². The molecule has 4 aromatic carbocycles. The maximum atomic E-state index is 13.2. The van der Waals surface area contributed by atoms with Crippen molar-refractivity contribution in [3.63, 3.8) is 0 Å². The predicted molar refractivity (Wildman–Crippen MR) is 135 cm³/mol. The van der Waals surface area contributed by atoms with E-state index >= 15 is 0 Å². The summed E-state index contributed by atoms with van der Waals surface area (Å²) in [6, 6.07) is 24.5. The first-order chi connectivity index (χ1) is 17.4. The maximum absolute atomic E-state index is 13.2. The molecule has 0 spiro atoms. The van der Waals surface area contributed by atoms with Gasteiger partial charge in [-0.25, -0.2) is 9.78 Å². The summed E-state index contributed by atoms with van der Waals surface area (Å²) in [5.41, 5.74) is 7.99. The molecule has 0 aliphatic heterocycles. The van der Waals surface area contributed by atoms with Crippen LogP contribution in [0.25, 0.3) is 33.3 Å². The molecule has 0 radical (unpaired) electrons. The quantitative estimate of drug-likeness (QED) is 0.333. The lowest BCUT2D eigenvalue weighted by atomic mass is 9.99. The third kappa shape index (κ3) is 4.27. The Morgan fingerprint density at radius 3 is 2.36 bits per heavy atom. The van der Waals surface area contributed by atoms with E-state index < -0.39 is 23.9 Å². The third-order valence-electron chi connectivity index (χ3n) is 5.75. The van der Waals surface area contributed by atoms with Gasteiger partial charge in [-0.3, -0.25) is 9.59 Å². The molecule has 178 valence electrons. The molecule has 1 atom stereocenters. The van der Waals surface area contributed by atoms with Crippen LogP contribution in [0.4, 0.5) is 5.69 Å². The fourth-order valence-electron chi connectivity index (χ4n) is 4.00. The number of fused-ring (bicyclic) bond motifs is 2. The first-order valence-corrected chi connectivity index (χ1v) is 11.2. The highest BCUT2D eigenvalue weighted by Crippen LogP contribution is 2.33. The van der Waals surface area contributed by atoms with Crippen LogP contribution in [0, 0.1) is 0 Å². The molecule has 0 fully saturated rings. The summed E-state index contributed by atoms with van der Waals surface area (Å²) >= 11 is 0. The van der Waals surface area contributed by atoms with Gasteiger partial charge in [0.1, 0.15) is 5.52 Å². The van der Waals surface area contributed by atoms with Crippen LogP contribution in [-0.2, 0) is 9.53 Å². The van der Waals surface area contributed by atoms with Crippen molar-refractivity contribution in [1.82, 2.24) is 4.98 Å². The maximum Gasteiger partial charge on any atom is 0.339 e. The molecule has 5 aromatic rings. The smallest absolute Gasteiger partial charge is 0.339 e. The van der Waals surface area contributed by atoms with Crippen molar-refractivity contribution in [2.24, 2.45) is 5.73 Å². The lowest BCUT2D eigenvalue weighted by molar-refractivity contribution is -0.123. The number of amides is 2. The Bertz CT molecular complexity index is 1600. The normalized spacial score (nSPS) is 11.8. The van der Waals surface area contributed by atoms with Crippen molar-refractivity contribution in [3.8, 4) is 11.5 Å². The van der Waals surface area contributed by atoms with Gasteiger partial charge in [0.25, 0.3) is 11.8 Å². The summed E-state index contributed by atoms with van der Waals surface area (Å²) in [4.78, 5) is 42.2. The number of aromatic nitrogens is 1. The number of primary amides is 1. The number of oxazole rings is 1. The summed E-state index contributed by atoms with van der Waals surface area (Å²) in [7, 11) is 0. The van der Waals surface area contributed by atoms with E-state index in [0.717, 1.165) is 5.39 Å². The van der Waals surface area contributed by atoms with Crippen molar-refractivity contribution in [2.45, 2.75) is 13.0 Å². The number of para-hydroxylation sites is 3. The van der Waals surface area contributed by atoms with E-state index in [9.17, 15) is 14.4 Å². The number of hydrogen-bond donors (Lipinski definition) is 2. The Morgan fingerprint density at radius 2 is 1.58 bits per heavy atom. The molecule has 2 amide bonds. The topological polar surface area (TPSA) is 125 Å². The number of nitrogens with two attached hydrogens (primary N) is 1. The number of carbonyl (C=O) groups is 3. The second-order valence-corrected chi connectivity index (χ2v) is 8.14. The first kappa shape index (κ1) is 22.8. The van der Waals surface area contributed by atoms with Crippen LogP contribution in [0.2, 0.25) is 0 Å². The summed E-state index contributed by atoms with van der Waals surface area (Å²) < 4.78 is 11.5. The van der Waals surface area contributed by atoms with E-state index in [0.29, 0.717) is 27.9 Å². The number of carbonyl (C=O) groups excluding carboxylic acids is 3. The molecule has 0 aliphatic carbocycles. The molecule has 8 heteroatoms. The highest BCUT2D eigenvalue weighted by Gasteiger charge is 2.23. The average molecular weight is 479 g/mol. The third-order valence-corrected chi connectivity index (χ3v) is 5.75. The zero-order chi connectivity index (χ0) is 25.2. The Morgan fingerprint density at radius 1 is 0.889 bits per heavy atom. The van der Waals surface area contributed by atoms with E-state index in [4.69, 9.17) is 14.9 Å². The highest BCUT2D eigenvalue weighted by atomic mass is 16.5. The van der Waals surface area contributed by atoms with Crippen molar-refractivity contribution < 1.29 is 23.5 Å². The second-order valence-electron chi connectivity index (χ2n) is 8.14. The minimum atomic E-state index is -1.15. The van der Waals surface area contributed by atoms with Crippen LogP contribution in [0.1, 0.15) is 27.6 Å². The van der Waals surface area contributed by atoms with Crippen molar-refractivity contribution in [2.75, 3.05) is 5.32 Å². The van der Waals surface area contributed by atoms with E-state index in [1.165, 1.54) is 13.0 Å². The molecule has 0 aliphatic rings. The lowest BCUT2D eigenvalue weighted by Gasteiger charge is -2.16. The van der Waals surface area contributed by atoms with E-state index in [2.05, 4.69) is 10.3 Å². The summed E-state index contributed by atoms with van der Waals surface area (Å²) in [5.74, 6) is -1.60. The van der Waals surface area contributed by atoms with Gasteiger partial charge in [0.05, 0.1) is 16.8 Å². The molecule has 1 unspecified atom stereocenters. The molecule has 36 heavy (non-hydrogen) atoms. The van der Waals surface area contributed by atoms with Crippen LogP contribution in [-0.4, -0.2) is 28.9 Å². The van der Waals surface area contributed by atoms with Crippen LogP contribution in [0.5, 0.6) is 0 Å². The Balaban J connectivity index is 1.45. The zero-order valence-corrected chi connectivity index (χ0v) is 19.2. The second kappa shape index (κ2) is 9.34. The number of anilines is 1. The molecule has 0 saturated carbocycles. The van der Waals surface area contributed by atoms with Crippen molar-refractivity contribution in [3.05, 3.63) is 96.1 Å². The van der Waals surface area contributed by atoms with E-state index in [1.54, 1.807) is 30.3 Å². The van der Waals surface area contributed by atoms with Gasteiger partial charge in [-0.2, -0.15) is 0 Å². The van der Waals surface area contributed by atoms with Gasteiger partial charge in [-0.05, 0) is 48.7 Å². The summed E-state index contributed by atoms with van der Waals surface area (Å²) in [5, 5.41) is 3.98. The number of ether oxygens (including phenoxy) is 1. The van der Waals surface area contributed by atoms with Gasteiger partial charge in [0.2, 0.25) is 5.89 Å². The molecular weight excluding hydrogens is 458 g/mol. The van der Waals surface area contributed by atoms with Gasteiger partial charge in [-0.15, -0.1) is 0 Å². The molecule has 1 heterocycles. The largest absolute Gasteiger partial charge is 0.449 e. The minimum absolute atomic E-state index is 0.154. The monoisotopic (exact) mass is 479 g/mol.